The summed E-state index contributed by atoms with van der Waals surface area (Å²) in [5, 5.41) is 2.89. The molecule has 7 nitrogen and oxygen atoms in total. The summed E-state index contributed by atoms with van der Waals surface area (Å²) >= 11 is 0. The Labute approximate surface area is 181 Å². The van der Waals surface area contributed by atoms with E-state index in [1.54, 1.807) is 55.9 Å². The van der Waals surface area contributed by atoms with Crippen LogP contribution in [0.3, 0.4) is 0 Å². The highest BCUT2D eigenvalue weighted by atomic mass is 16.5. The number of benzene rings is 2. The van der Waals surface area contributed by atoms with Crippen molar-refractivity contribution in [3.8, 4) is 17.2 Å². The number of ether oxygens (including phenoxy) is 4. The van der Waals surface area contributed by atoms with Crippen LogP contribution in [-0.2, 0) is 11.3 Å². The minimum absolute atomic E-state index is 0.282. The van der Waals surface area contributed by atoms with Gasteiger partial charge in [0, 0.05) is 36.3 Å². The van der Waals surface area contributed by atoms with E-state index in [1.165, 1.54) is 0 Å². The standard InChI is InChI=1S/C24H26N2O5/c1-3-29-13-14-30-21-9-5-4-8-20(21)24(27)26-19-10-11-22(28-2)23(15-19)31-17-18-7-6-12-25-16-18/h4-12,15-16H,3,13-14,17H2,1-2H3,(H,26,27). The van der Waals surface area contributed by atoms with E-state index in [1.807, 2.05) is 25.1 Å². The molecule has 1 heterocycles. The molecule has 0 radical (unpaired) electrons. The Kier molecular flexibility index (Phi) is 8.25. The molecule has 0 aliphatic rings. The van der Waals surface area contributed by atoms with Crippen LogP contribution in [0.4, 0.5) is 5.69 Å². The Morgan fingerprint density at radius 1 is 0.968 bits per heavy atom. The summed E-state index contributed by atoms with van der Waals surface area (Å²) in [7, 11) is 1.57. The largest absolute Gasteiger partial charge is 0.493 e. The maximum Gasteiger partial charge on any atom is 0.259 e. The zero-order valence-electron chi connectivity index (χ0n) is 17.7. The highest BCUT2D eigenvalue weighted by molar-refractivity contribution is 6.06. The molecule has 162 valence electrons. The molecule has 3 aromatic rings. The highest BCUT2D eigenvalue weighted by Crippen LogP contribution is 2.31. The molecule has 3 rings (SSSR count). The van der Waals surface area contributed by atoms with Gasteiger partial charge >= 0.3 is 0 Å². The van der Waals surface area contributed by atoms with E-state index in [0.717, 1.165) is 5.56 Å². The summed E-state index contributed by atoms with van der Waals surface area (Å²) in [6.45, 7) is 3.70. The molecule has 0 saturated heterocycles. The summed E-state index contributed by atoms with van der Waals surface area (Å²) in [6.07, 6.45) is 3.44. The number of nitrogens with zero attached hydrogens (tertiary/aromatic N) is 1. The molecule has 0 atom stereocenters. The number of carbonyl (C=O) groups excluding carboxylic acids is 1. The molecule has 31 heavy (non-hydrogen) atoms. The second-order valence-corrected chi connectivity index (χ2v) is 6.51. The van der Waals surface area contributed by atoms with Crippen molar-refractivity contribution in [2.75, 3.05) is 32.2 Å². The van der Waals surface area contributed by atoms with Gasteiger partial charge in [-0.2, -0.15) is 0 Å². The number of pyridine rings is 1. The van der Waals surface area contributed by atoms with Crippen LogP contribution in [0.5, 0.6) is 17.2 Å². The molecule has 2 aromatic carbocycles. The van der Waals surface area contributed by atoms with E-state index in [9.17, 15) is 4.79 Å². The van der Waals surface area contributed by atoms with Crippen LogP contribution in [0, 0.1) is 0 Å². The molecule has 0 unspecified atom stereocenters. The van der Waals surface area contributed by atoms with Crippen LogP contribution in [-0.4, -0.2) is 37.8 Å². The average molecular weight is 422 g/mol. The van der Waals surface area contributed by atoms with E-state index in [0.29, 0.717) is 54.9 Å². The number of hydrogen-bond acceptors (Lipinski definition) is 6. The van der Waals surface area contributed by atoms with Gasteiger partial charge in [0.05, 0.1) is 19.3 Å². The predicted octanol–water partition coefficient (Wildman–Crippen LogP) is 4.34. The summed E-state index contributed by atoms with van der Waals surface area (Å²) < 4.78 is 22.3. The molecule has 1 amide bonds. The van der Waals surface area contributed by atoms with Crippen molar-refractivity contribution in [3.05, 3.63) is 78.1 Å². The molecule has 7 heteroatoms. The molecule has 0 aliphatic heterocycles. The third kappa shape index (κ3) is 6.45. The van der Waals surface area contributed by atoms with Gasteiger partial charge in [-0.15, -0.1) is 0 Å². The van der Waals surface area contributed by atoms with E-state index < -0.39 is 0 Å². The predicted molar refractivity (Wildman–Crippen MR) is 118 cm³/mol. The Morgan fingerprint density at radius 2 is 1.84 bits per heavy atom. The fourth-order valence-corrected chi connectivity index (χ4v) is 2.85. The molecular formula is C24H26N2O5. The lowest BCUT2D eigenvalue weighted by Crippen LogP contribution is -2.15. The molecule has 0 fully saturated rings. The van der Waals surface area contributed by atoms with Gasteiger partial charge in [0.15, 0.2) is 11.5 Å². The van der Waals surface area contributed by atoms with Crippen molar-refractivity contribution in [2.24, 2.45) is 0 Å². The van der Waals surface area contributed by atoms with E-state index in [2.05, 4.69) is 10.3 Å². The van der Waals surface area contributed by atoms with Gasteiger partial charge in [-0.1, -0.05) is 18.2 Å². The fraction of sp³-hybridized carbons (Fsp3) is 0.250. The van der Waals surface area contributed by atoms with Gasteiger partial charge < -0.3 is 24.3 Å². The Morgan fingerprint density at radius 3 is 2.61 bits per heavy atom. The average Bonchev–Trinajstić information content (AvgIpc) is 2.81. The first-order valence-electron chi connectivity index (χ1n) is 10.0. The van der Waals surface area contributed by atoms with Gasteiger partial charge in [0.25, 0.3) is 5.91 Å². The third-order valence-electron chi connectivity index (χ3n) is 4.36. The SMILES string of the molecule is CCOCCOc1ccccc1C(=O)Nc1ccc(OC)c(OCc2cccnc2)c1. The Hall–Kier alpha value is -3.58. The highest BCUT2D eigenvalue weighted by Gasteiger charge is 2.14. The summed E-state index contributed by atoms with van der Waals surface area (Å²) in [5.74, 6) is 1.31. The lowest BCUT2D eigenvalue weighted by atomic mass is 10.1. The van der Waals surface area contributed by atoms with E-state index in [-0.39, 0.29) is 5.91 Å². The number of methoxy groups -OCH3 is 1. The first kappa shape index (κ1) is 22.1. The zero-order valence-corrected chi connectivity index (χ0v) is 17.7. The van der Waals surface area contributed by atoms with Crippen molar-refractivity contribution in [2.45, 2.75) is 13.5 Å². The number of para-hydroxylation sites is 1. The number of amides is 1. The number of carbonyl (C=O) groups is 1. The van der Waals surface area contributed by atoms with Crippen LogP contribution in [0.1, 0.15) is 22.8 Å². The number of aromatic nitrogens is 1. The number of rotatable bonds is 11. The monoisotopic (exact) mass is 422 g/mol. The number of hydrogen-bond donors (Lipinski definition) is 1. The number of anilines is 1. The van der Waals surface area contributed by atoms with Crippen molar-refractivity contribution < 1.29 is 23.7 Å². The van der Waals surface area contributed by atoms with Crippen LogP contribution in [0.2, 0.25) is 0 Å². The van der Waals surface area contributed by atoms with Gasteiger partial charge in [0.2, 0.25) is 0 Å². The molecule has 1 N–H and O–H groups in total. The summed E-state index contributed by atoms with van der Waals surface area (Å²) in [5.41, 5.74) is 1.95. The first-order chi connectivity index (χ1) is 15.2. The molecule has 0 spiro atoms. The molecule has 0 bridgehead atoms. The van der Waals surface area contributed by atoms with Gasteiger partial charge in [-0.25, -0.2) is 0 Å². The summed E-state index contributed by atoms with van der Waals surface area (Å²) in [4.78, 5) is 16.9. The van der Waals surface area contributed by atoms with Crippen LogP contribution in [0.15, 0.2) is 67.0 Å². The van der Waals surface area contributed by atoms with Gasteiger partial charge in [0.1, 0.15) is 19.0 Å². The first-order valence-corrected chi connectivity index (χ1v) is 10.0. The van der Waals surface area contributed by atoms with Crippen LogP contribution < -0.4 is 19.5 Å². The van der Waals surface area contributed by atoms with Gasteiger partial charge in [-0.05, 0) is 37.3 Å². The second kappa shape index (κ2) is 11.6. The number of nitrogens with one attached hydrogen (secondary N) is 1. The maximum absolute atomic E-state index is 12.9. The normalized spacial score (nSPS) is 10.4. The fourth-order valence-electron chi connectivity index (χ4n) is 2.85. The minimum Gasteiger partial charge on any atom is -0.493 e. The van der Waals surface area contributed by atoms with Gasteiger partial charge in [-0.3, -0.25) is 9.78 Å². The van der Waals surface area contributed by atoms with Crippen molar-refractivity contribution >= 4 is 11.6 Å². The molecule has 0 aliphatic carbocycles. The molecular weight excluding hydrogens is 396 g/mol. The lowest BCUT2D eigenvalue weighted by molar-refractivity contribution is 0.0998. The van der Waals surface area contributed by atoms with E-state index >= 15 is 0 Å². The zero-order chi connectivity index (χ0) is 21.9. The van der Waals surface area contributed by atoms with Crippen molar-refractivity contribution in [3.63, 3.8) is 0 Å². The second-order valence-electron chi connectivity index (χ2n) is 6.51. The van der Waals surface area contributed by atoms with Crippen LogP contribution in [0.25, 0.3) is 0 Å². The molecule has 0 saturated carbocycles. The minimum atomic E-state index is -0.282. The van der Waals surface area contributed by atoms with Crippen molar-refractivity contribution in [1.82, 2.24) is 4.98 Å². The maximum atomic E-state index is 12.9. The quantitative estimate of drug-likeness (QED) is 0.463. The Bertz CT molecular complexity index is 979. The smallest absolute Gasteiger partial charge is 0.259 e. The van der Waals surface area contributed by atoms with Crippen LogP contribution >= 0.6 is 0 Å². The Balaban J connectivity index is 1.70. The summed E-state index contributed by atoms with van der Waals surface area (Å²) in [6, 6.07) is 16.1. The molecule has 1 aromatic heterocycles. The van der Waals surface area contributed by atoms with E-state index in [4.69, 9.17) is 18.9 Å². The third-order valence-corrected chi connectivity index (χ3v) is 4.36. The lowest BCUT2D eigenvalue weighted by Gasteiger charge is -2.14. The topological polar surface area (TPSA) is 78.9 Å². The van der Waals surface area contributed by atoms with Crippen molar-refractivity contribution in [1.29, 1.82) is 0 Å².